The number of piperidine rings is 1. The average Bonchev–Trinajstić information content (AvgIpc) is 3.04. The van der Waals surface area contributed by atoms with Gasteiger partial charge >= 0.3 is 6.36 Å². The molecule has 9 heteroatoms. The second kappa shape index (κ2) is 10.3. The second-order valence-corrected chi connectivity index (χ2v) is 11.1. The Morgan fingerprint density at radius 2 is 1.49 bits per heavy atom. The number of hydrogen-bond donors (Lipinski definition) is 0. The molecule has 5 nitrogen and oxygen atoms in total. The van der Waals surface area contributed by atoms with Crippen LogP contribution in [0.4, 0.5) is 13.2 Å². The van der Waals surface area contributed by atoms with Gasteiger partial charge in [-0.15, -0.1) is 13.2 Å². The number of rotatable bonds is 5. The molecular formula is C28H27F3N2O3S. The highest BCUT2D eigenvalue weighted by molar-refractivity contribution is 7.90. The molecule has 1 fully saturated rings. The maximum absolute atomic E-state index is 12.8. The van der Waals surface area contributed by atoms with Gasteiger partial charge in [-0.1, -0.05) is 48.5 Å². The number of nitrogens with zero attached hydrogens (tertiary/aromatic N) is 2. The van der Waals surface area contributed by atoms with Gasteiger partial charge in [-0.3, -0.25) is 4.90 Å². The summed E-state index contributed by atoms with van der Waals surface area (Å²) in [5.74, 6) is -0.554. The first-order chi connectivity index (χ1) is 17.7. The van der Waals surface area contributed by atoms with Crippen molar-refractivity contribution >= 4 is 16.2 Å². The predicted molar refractivity (Wildman–Crippen MR) is 135 cm³/mol. The van der Waals surface area contributed by atoms with Crippen LogP contribution < -0.4 is 4.74 Å². The zero-order chi connectivity index (χ0) is 26.0. The van der Waals surface area contributed by atoms with Gasteiger partial charge in [-0.25, -0.2) is 0 Å². The molecule has 0 bridgehead atoms. The fourth-order valence-corrected chi connectivity index (χ4v) is 6.26. The first kappa shape index (κ1) is 25.5. The van der Waals surface area contributed by atoms with Crippen LogP contribution in [-0.2, 0) is 22.9 Å². The maximum Gasteiger partial charge on any atom is 0.573 e. The van der Waals surface area contributed by atoms with Crippen molar-refractivity contribution in [1.82, 2.24) is 4.90 Å². The van der Waals surface area contributed by atoms with Gasteiger partial charge in [0.05, 0.1) is 10.9 Å². The summed E-state index contributed by atoms with van der Waals surface area (Å²) in [5.41, 5.74) is 5.25. The van der Waals surface area contributed by atoms with Crippen LogP contribution in [0.3, 0.4) is 0 Å². The van der Waals surface area contributed by atoms with Crippen LogP contribution in [0.2, 0.25) is 0 Å². The molecule has 1 aliphatic heterocycles. The molecule has 3 aromatic carbocycles. The van der Waals surface area contributed by atoms with Gasteiger partial charge in [-0.05, 0) is 78.7 Å². The van der Waals surface area contributed by atoms with Crippen molar-refractivity contribution in [2.75, 3.05) is 13.1 Å². The molecule has 1 aliphatic carbocycles. The minimum absolute atomic E-state index is 0.0704. The van der Waals surface area contributed by atoms with Crippen LogP contribution >= 0.6 is 0 Å². The first-order valence-corrected chi connectivity index (χ1v) is 13.7. The van der Waals surface area contributed by atoms with E-state index >= 15 is 0 Å². The molecule has 5 rings (SSSR count). The second-order valence-electron chi connectivity index (χ2n) is 9.45. The molecular weight excluding hydrogens is 501 g/mol. The van der Waals surface area contributed by atoms with Gasteiger partial charge in [0.25, 0.3) is 10.0 Å². The normalized spacial score (nSPS) is 19.3. The number of aryl methyl sites for hydroxylation is 2. The molecule has 0 saturated carbocycles. The Hall–Kier alpha value is -3.17. The summed E-state index contributed by atoms with van der Waals surface area (Å²) in [4.78, 5) is 2.23. The monoisotopic (exact) mass is 528 g/mol. The molecule has 1 heterocycles. The van der Waals surface area contributed by atoms with Crippen molar-refractivity contribution in [2.24, 2.45) is 10.3 Å². The highest BCUT2D eigenvalue weighted by atomic mass is 32.2. The van der Waals surface area contributed by atoms with Crippen LogP contribution in [0.1, 0.15) is 41.1 Å². The number of likely N-dealkylation sites (tertiary alicyclic amines) is 1. The van der Waals surface area contributed by atoms with E-state index < -0.39 is 22.1 Å². The van der Waals surface area contributed by atoms with E-state index in [4.69, 9.17) is 0 Å². The Morgan fingerprint density at radius 3 is 2.08 bits per heavy atom. The van der Waals surface area contributed by atoms with Crippen molar-refractivity contribution in [3.63, 3.8) is 0 Å². The molecule has 0 radical (unpaired) electrons. The van der Waals surface area contributed by atoms with Gasteiger partial charge in [0.1, 0.15) is 5.75 Å². The molecule has 2 aliphatic rings. The molecule has 1 atom stereocenters. The third-order valence-electron chi connectivity index (χ3n) is 6.98. The summed E-state index contributed by atoms with van der Waals surface area (Å²) < 4.78 is 70.4. The predicted octanol–water partition coefficient (Wildman–Crippen LogP) is 5.94. The quantitative estimate of drug-likeness (QED) is 0.385. The molecule has 1 saturated heterocycles. The molecule has 1 unspecified atom stereocenters. The third kappa shape index (κ3) is 5.88. The average molecular weight is 529 g/mol. The Bertz CT molecular complexity index is 1340. The van der Waals surface area contributed by atoms with Gasteiger partial charge in [0, 0.05) is 18.7 Å². The number of fused-ring (bicyclic) bond motifs is 2. The lowest BCUT2D eigenvalue weighted by Crippen LogP contribution is -2.39. The molecule has 0 N–H and O–H groups in total. The first-order valence-electron chi connectivity index (χ1n) is 12.3. The summed E-state index contributed by atoms with van der Waals surface area (Å²) in [6.07, 6.45) is 0.311. The topological polar surface area (TPSA) is 59.0 Å². The Morgan fingerprint density at radius 1 is 0.892 bits per heavy atom. The Kier molecular flexibility index (Phi) is 7.09. The smallest absolute Gasteiger partial charge is 0.406 e. The lowest BCUT2D eigenvalue weighted by Gasteiger charge is -2.38. The van der Waals surface area contributed by atoms with E-state index in [1.807, 2.05) is 0 Å². The number of alkyl halides is 3. The molecule has 3 aromatic rings. The van der Waals surface area contributed by atoms with E-state index in [9.17, 15) is 21.6 Å². The number of benzene rings is 3. The fourth-order valence-electron chi connectivity index (χ4n) is 5.32. The minimum atomic E-state index is -4.84. The van der Waals surface area contributed by atoms with Crippen LogP contribution in [-0.4, -0.2) is 39.0 Å². The van der Waals surface area contributed by atoms with Gasteiger partial charge in [-0.2, -0.15) is 12.8 Å². The lowest BCUT2D eigenvalue weighted by molar-refractivity contribution is -0.274. The van der Waals surface area contributed by atoms with E-state index in [2.05, 4.69) is 62.6 Å². The zero-order valence-electron chi connectivity index (χ0n) is 20.1. The SMILES string of the molecule is O=S(=O)(/N=C/C1CCCN(C2c3ccccc3CCc3ccccc32)C1)c1ccc(OC(F)(F)F)cc1. The van der Waals surface area contributed by atoms with Crippen molar-refractivity contribution < 1.29 is 26.3 Å². The van der Waals surface area contributed by atoms with Gasteiger partial charge in [0.15, 0.2) is 0 Å². The summed E-state index contributed by atoms with van der Waals surface area (Å²) in [7, 11) is -4.05. The molecule has 37 heavy (non-hydrogen) atoms. The summed E-state index contributed by atoms with van der Waals surface area (Å²) in [6, 6.07) is 21.2. The minimum Gasteiger partial charge on any atom is -0.406 e. The zero-order valence-corrected chi connectivity index (χ0v) is 20.9. The van der Waals surface area contributed by atoms with Crippen LogP contribution in [0.15, 0.2) is 82.1 Å². The van der Waals surface area contributed by atoms with E-state index in [-0.39, 0.29) is 16.9 Å². The van der Waals surface area contributed by atoms with Crippen LogP contribution in [0.5, 0.6) is 5.75 Å². The van der Waals surface area contributed by atoms with Crippen molar-refractivity contribution in [2.45, 2.75) is 43.0 Å². The highest BCUT2D eigenvalue weighted by Crippen LogP contribution is 2.38. The number of halogens is 3. The molecule has 194 valence electrons. The Labute approximate surface area is 214 Å². The number of ether oxygens (including phenoxy) is 1. The maximum atomic E-state index is 12.8. The molecule has 0 aromatic heterocycles. The fraction of sp³-hybridized carbons (Fsp3) is 0.321. The summed E-state index contributed by atoms with van der Waals surface area (Å²) in [6.45, 7) is 1.55. The summed E-state index contributed by atoms with van der Waals surface area (Å²) in [5, 5.41) is 0. The third-order valence-corrected chi connectivity index (χ3v) is 8.25. The largest absolute Gasteiger partial charge is 0.573 e. The number of sulfonamides is 1. The van der Waals surface area contributed by atoms with E-state index in [0.717, 1.165) is 56.5 Å². The van der Waals surface area contributed by atoms with E-state index in [0.29, 0.717) is 6.54 Å². The van der Waals surface area contributed by atoms with Crippen molar-refractivity contribution in [1.29, 1.82) is 0 Å². The van der Waals surface area contributed by atoms with E-state index in [1.54, 1.807) is 0 Å². The van der Waals surface area contributed by atoms with Crippen LogP contribution in [0, 0.1) is 5.92 Å². The van der Waals surface area contributed by atoms with Gasteiger partial charge in [0.2, 0.25) is 0 Å². The molecule has 0 amide bonds. The number of hydrogen-bond acceptors (Lipinski definition) is 4. The lowest BCUT2D eigenvalue weighted by atomic mass is 9.90. The van der Waals surface area contributed by atoms with Crippen molar-refractivity contribution in [3.8, 4) is 5.75 Å². The van der Waals surface area contributed by atoms with Crippen molar-refractivity contribution in [3.05, 3.63) is 95.1 Å². The molecule has 0 spiro atoms. The van der Waals surface area contributed by atoms with Crippen LogP contribution in [0.25, 0.3) is 0 Å². The highest BCUT2D eigenvalue weighted by Gasteiger charge is 2.32. The Balaban J connectivity index is 1.36. The summed E-state index contributed by atoms with van der Waals surface area (Å²) >= 11 is 0. The standard InChI is InChI=1S/C28H27F3N2O3S/c29-28(30,31)36-23-13-15-24(16-14-23)37(34,35)32-18-20-6-5-17-33(19-20)27-25-9-3-1-7-21(25)11-12-22-8-2-4-10-26(22)27/h1-4,7-10,13-16,18,20,27H,5-6,11-12,17,19H2/b32-18+. The van der Waals surface area contributed by atoms with E-state index in [1.165, 1.54) is 28.5 Å². The van der Waals surface area contributed by atoms with Gasteiger partial charge < -0.3 is 4.74 Å².